The van der Waals surface area contributed by atoms with E-state index in [4.69, 9.17) is 10.5 Å². The Bertz CT molecular complexity index is 8.75. The average molecular weight is 138 g/mol. The SMILES string of the molecule is OO.[CH3-].[CH3-].[CH3-].[Ni+3]. The Kier molecular flexibility index (Phi) is 9670. The van der Waals surface area contributed by atoms with Crippen molar-refractivity contribution in [3.8, 4) is 0 Å². The van der Waals surface area contributed by atoms with Crippen molar-refractivity contribution in [1.29, 1.82) is 0 Å². The number of hydrogen-bond acceptors (Lipinski definition) is 2. The van der Waals surface area contributed by atoms with Crippen LogP contribution < -0.4 is 0 Å². The van der Waals surface area contributed by atoms with E-state index in [0.29, 0.717) is 0 Å². The van der Waals surface area contributed by atoms with Crippen LogP contribution in [0.5, 0.6) is 0 Å². The maximum atomic E-state index is 6.00. The zero-order chi connectivity index (χ0) is 2.00. The molecule has 0 aliphatic carbocycles. The summed E-state index contributed by atoms with van der Waals surface area (Å²) < 4.78 is 0. The molecule has 0 aromatic heterocycles. The van der Waals surface area contributed by atoms with E-state index in [1.165, 1.54) is 0 Å². The van der Waals surface area contributed by atoms with Gasteiger partial charge in [-0.25, -0.2) is 0 Å². The molecule has 6 heavy (non-hydrogen) atoms. The van der Waals surface area contributed by atoms with Gasteiger partial charge in [0.15, 0.2) is 0 Å². The molecule has 1 radical (unpaired) electrons. The van der Waals surface area contributed by atoms with Crippen molar-refractivity contribution < 1.29 is 27.0 Å². The van der Waals surface area contributed by atoms with Gasteiger partial charge in [-0.05, 0) is 0 Å². The first-order chi connectivity index (χ1) is 1.00. The van der Waals surface area contributed by atoms with E-state index < -0.39 is 0 Å². The number of hydrogen-bond donors (Lipinski definition) is 2. The van der Waals surface area contributed by atoms with Gasteiger partial charge in [-0.1, -0.05) is 0 Å². The minimum Gasteiger partial charge on any atom is -0.358 e. The molecular formula is C3H11NiO2. The van der Waals surface area contributed by atoms with Crippen LogP contribution in [0.2, 0.25) is 0 Å². The average Bonchev–Trinajstić information content (AvgIpc) is 1.00. The van der Waals surface area contributed by atoms with Gasteiger partial charge in [0.25, 0.3) is 0 Å². The third-order valence-electron chi connectivity index (χ3n) is 0. The molecule has 0 bridgehead atoms. The van der Waals surface area contributed by atoms with Crippen molar-refractivity contribution in [3.63, 3.8) is 0 Å². The molecule has 0 unspecified atom stereocenters. The molecule has 2 N–H and O–H groups in total. The molecule has 0 aromatic carbocycles. The zero-order valence-corrected chi connectivity index (χ0v) is 5.20. The molecule has 0 saturated carbocycles. The molecule has 0 fully saturated rings. The molecule has 2 nitrogen and oxygen atoms in total. The summed E-state index contributed by atoms with van der Waals surface area (Å²) in [5, 5.41) is 12.0. The van der Waals surface area contributed by atoms with Gasteiger partial charge in [-0.15, -0.1) is 0 Å². The van der Waals surface area contributed by atoms with E-state index in [2.05, 4.69) is 0 Å². The molecule has 0 heterocycles. The van der Waals surface area contributed by atoms with E-state index in [1.54, 1.807) is 0 Å². The molecule has 0 atom stereocenters. The van der Waals surface area contributed by atoms with Crippen LogP contribution in [0, 0.1) is 22.3 Å². The first-order valence-electron chi connectivity index (χ1n) is 0.200. The van der Waals surface area contributed by atoms with Gasteiger partial charge < -0.3 is 22.3 Å². The topological polar surface area (TPSA) is 40.5 Å². The summed E-state index contributed by atoms with van der Waals surface area (Å²) in [6, 6.07) is 0. The first-order valence-corrected chi connectivity index (χ1v) is 0.200. The fourth-order valence-corrected chi connectivity index (χ4v) is 0. The fourth-order valence-electron chi connectivity index (χ4n) is 0. The molecule has 0 aromatic rings. The summed E-state index contributed by atoms with van der Waals surface area (Å²) in [5.74, 6) is 0. The van der Waals surface area contributed by atoms with Crippen molar-refractivity contribution in [2.24, 2.45) is 0 Å². The standard InChI is InChI=1S/3CH3.Ni.H2O2/c;;;;1-2/h3*1H3;;1-2H/q3*-1;+3;. The Hall–Kier alpha value is 0.414. The van der Waals surface area contributed by atoms with Gasteiger partial charge in [-0.3, -0.25) is 10.5 Å². The van der Waals surface area contributed by atoms with Gasteiger partial charge in [0.05, 0.1) is 0 Å². The molecule has 0 saturated heterocycles. The summed E-state index contributed by atoms with van der Waals surface area (Å²) in [6.45, 7) is 0. The molecule has 0 aliphatic rings. The molecule has 0 spiro atoms. The minimum atomic E-state index is 0. The quantitative estimate of drug-likeness (QED) is 0.229. The maximum Gasteiger partial charge on any atom is 3.00 e. The van der Waals surface area contributed by atoms with Crippen LogP contribution in [0.1, 0.15) is 0 Å². The van der Waals surface area contributed by atoms with Crippen molar-refractivity contribution >= 4 is 0 Å². The van der Waals surface area contributed by atoms with Gasteiger partial charge in [0.2, 0.25) is 0 Å². The predicted octanol–water partition coefficient (Wildman–Crippen LogP) is 1.37. The summed E-state index contributed by atoms with van der Waals surface area (Å²) in [5.41, 5.74) is 0. The van der Waals surface area contributed by atoms with E-state index >= 15 is 0 Å². The van der Waals surface area contributed by atoms with Gasteiger partial charge in [0.1, 0.15) is 0 Å². The van der Waals surface area contributed by atoms with Crippen LogP contribution in [0.15, 0.2) is 0 Å². The second kappa shape index (κ2) is 617. The molecule has 45 valence electrons. The maximum absolute atomic E-state index is 6.00. The molecular weight excluding hydrogens is 127 g/mol. The van der Waals surface area contributed by atoms with Crippen LogP contribution in [-0.2, 0) is 16.5 Å². The van der Waals surface area contributed by atoms with E-state index in [1.807, 2.05) is 0 Å². The van der Waals surface area contributed by atoms with Crippen LogP contribution in [-0.4, -0.2) is 10.5 Å². The zero-order valence-electron chi connectivity index (χ0n) is 4.21. The summed E-state index contributed by atoms with van der Waals surface area (Å²) in [7, 11) is 0. The second-order valence-electron chi connectivity index (χ2n) is 0. The van der Waals surface area contributed by atoms with Crippen LogP contribution in [0.4, 0.5) is 0 Å². The first kappa shape index (κ1) is 94.1. The Labute approximate surface area is 50.1 Å². The van der Waals surface area contributed by atoms with Gasteiger partial charge in [-0.2, -0.15) is 0 Å². The van der Waals surface area contributed by atoms with Crippen molar-refractivity contribution in [2.75, 3.05) is 0 Å². The number of rotatable bonds is 0. The van der Waals surface area contributed by atoms with Crippen molar-refractivity contribution in [2.45, 2.75) is 0 Å². The van der Waals surface area contributed by atoms with Crippen LogP contribution >= 0.6 is 0 Å². The van der Waals surface area contributed by atoms with Crippen molar-refractivity contribution in [3.05, 3.63) is 22.3 Å². The smallest absolute Gasteiger partial charge is 0.358 e. The largest absolute Gasteiger partial charge is 3.00 e. The van der Waals surface area contributed by atoms with E-state index in [0.717, 1.165) is 0 Å². The Morgan fingerprint density at radius 2 is 0.667 bits per heavy atom. The Morgan fingerprint density at radius 3 is 0.667 bits per heavy atom. The minimum absolute atomic E-state index is 0. The fraction of sp³-hybridized carbons (Fsp3) is 0. The summed E-state index contributed by atoms with van der Waals surface area (Å²) >= 11 is 0. The van der Waals surface area contributed by atoms with E-state index in [9.17, 15) is 0 Å². The van der Waals surface area contributed by atoms with Crippen LogP contribution in [0.3, 0.4) is 0 Å². The van der Waals surface area contributed by atoms with Gasteiger partial charge in [0, 0.05) is 0 Å². The summed E-state index contributed by atoms with van der Waals surface area (Å²) in [6.07, 6.45) is 0. The predicted molar refractivity (Wildman–Crippen MR) is 24.5 cm³/mol. The van der Waals surface area contributed by atoms with E-state index in [-0.39, 0.29) is 38.8 Å². The van der Waals surface area contributed by atoms with Gasteiger partial charge >= 0.3 is 16.5 Å². The molecule has 0 amide bonds. The normalized spacial score (nSPS) is 1.00. The molecule has 0 rings (SSSR count). The monoisotopic (exact) mass is 137 g/mol. The van der Waals surface area contributed by atoms with Crippen LogP contribution in [0.25, 0.3) is 0 Å². The third-order valence-corrected chi connectivity index (χ3v) is 0. The molecule has 0 aliphatic heterocycles. The molecule has 3 heteroatoms. The van der Waals surface area contributed by atoms with Crippen molar-refractivity contribution in [1.82, 2.24) is 0 Å². The second-order valence-corrected chi connectivity index (χ2v) is 0. The third kappa shape index (κ3) is 301. The summed E-state index contributed by atoms with van der Waals surface area (Å²) in [4.78, 5) is 0. The Balaban J connectivity index is -0.000000000833. The Morgan fingerprint density at radius 1 is 0.667 bits per heavy atom.